The van der Waals surface area contributed by atoms with Crippen LogP contribution in [-0.4, -0.2) is 39.7 Å². The minimum atomic E-state index is -1.09. The van der Waals surface area contributed by atoms with Gasteiger partial charge >= 0.3 is 5.97 Å². The number of fused-ring (bicyclic) bond motifs is 1. The van der Waals surface area contributed by atoms with E-state index in [9.17, 15) is 14.7 Å². The maximum Gasteiger partial charge on any atom is 0.339 e. The van der Waals surface area contributed by atoms with Crippen LogP contribution in [0.5, 0.6) is 5.75 Å². The molecule has 2 aromatic rings. The summed E-state index contributed by atoms with van der Waals surface area (Å²) in [5.41, 5.74) is 1.07. The van der Waals surface area contributed by atoms with Gasteiger partial charge in [-0.25, -0.2) is 4.79 Å². The number of carboxylic acid groups (broad SMARTS) is 1. The van der Waals surface area contributed by atoms with Crippen LogP contribution in [0.1, 0.15) is 25.7 Å². The molecule has 0 fully saturated rings. The monoisotopic (exact) mass is 305 g/mol. The van der Waals surface area contributed by atoms with Gasteiger partial charge in [0.25, 0.3) is 5.91 Å². The molecule has 7 nitrogen and oxygen atoms in total. The molecule has 0 bridgehead atoms. The zero-order valence-electron chi connectivity index (χ0n) is 11.1. The third-order valence-electron chi connectivity index (χ3n) is 3.17. The van der Waals surface area contributed by atoms with E-state index in [2.05, 4.69) is 9.59 Å². The van der Waals surface area contributed by atoms with Crippen molar-refractivity contribution in [3.63, 3.8) is 0 Å². The van der Waals surface area contributed by atoms with Crippen LogP contribution >= 0.6 is 11.5 Å². The Hall–Kier alpha value is -2.48. The molecule has 3 rings (SSSR count). The first-order valence-corrected chi connectivity index (χ1v) is 6.97. The van der Waals surface area contributed by atoms with Gasteiger partial charge in [0.05, 0.1) is 17.9 Å². The Morgan fingerprint density at radius 1 is 1.43 bits per heavy atom. The minimum Gasteiger partial charge on any atom is -0.489 e. The van der Waals surface area contributed by atoms with Crippen LogP contribution in [0.4, 0.5) is 5.69 Å². The third kappa shape index (κ3) is 2.23. The quantitative estimate of drug-likeness (QED) is 0.905. The van der Waals surface area contributed by atoms with Crippen LogP contribution in [0.25, 0.3) is 0 Å². The number of carbonyl (C=O) groups is 2. The largest absolute Gasteiger partial charge is 0.489 e. The van der Waals surface area contributed by atoms with Crippen LogP contribution in [0.3, 0.4) is 0 Å². The average molecular weight is 305 g/mol. The molecule has 0 saturated heterocycles. The molecule has 8 heteroatoms. The fraction of sp³-hybridized carbons (Fsp3) is 0.231. The van der Waals surface area contributed by atoms with E-state index in [0.717, 1.165) is 11.5 Å². The van der Waals surface area contributed by atoms with Gasteiger partial charge in [0.1, 0.15) is 17.0 Å². The molecule has 1 aliphatic heterocycles. The molecule has 0 aliphatic carbocycles. The van der Waals surface area contributed by atoms with Crippen LogP contribution < -0.4 is 9.64 Å². The van der Waals surface area contributed by atoms with Crippen molar-refractivity contribution in [3.05, 3.63) is 34.3 Å². The molecular weight excluding hydrogens is 294 g/mol. The van der Waals surface area contributed by atoms with E-state index in [4.69, 9.17) is 4.74 Å². The molecule has 0 spiro atoms. The first-order chi connectivity index (χ1) is 10.1. The summed E-state index contributed by atoms with van der Waals surface area (Å²) < 4.78 is 9.20. The van der Waals surface area contributed by atoms with E-state index >= 15 is 0 Å². The highest BCUT2D eigenvalue weighted by Crippen LogP contribution is 2.36. The lowest BCUT2D eigenvalue weighted by molar-refractivity contribution is 0.0690. The zero-order chi connectivity index (χ0) is 15.0. The molecule has 1 aliphatic rings. The van der Waals surface area contributed by atoms with Gasteiger partial charge in [0, 0.05) is 0 Å². The van der Waals surface area contributed by atoms with Crippen molar-refractivity contribution in [2.24, 2.45) is 0 Å². The molecule has 108 valence electrons. The predicted molar refractivity (Wildman–Crippen MR) is 75.2 cm³/mol. The Labute approximate surface area is 123 Å². The lowest BCUT2D eigenvalue weighted by Gasteiger charge is -2.29. The van der Waals surface area contributed by atoms with Crippen molar-refractivity contribution in [3.8, 4) is 5.75 Å². The number of rotatable bonds is 2. The number of aromatic nitrogens is 2. The maximum absolute atomic E-state index is 12.6. The number of ether oxygens (including phenoxy) is 1. The fourth-order valence-electron chi connectivity index (χ4n) is 2.18. The van der Waals surface area contributed by atoms with Crippen molar-refractivity contribution in [2.75, 3.05) is 18.1 Å². The summed E-state index contributed by atoms with van der Waals surface area (Å²) in [6, 6.07) is 4.71. The van der Waals surface area contributed by atoms with E-state index in [1.807, 2.05) is 0 Å². The second-order valence-corrected chi connectivity index (χ2v) is 5.21. The van der Waals surface area contributed by atoms with Crippen molar-refractivity contribution >= 4 is 29.1 Å². The summed E-state index contributed by atoms with van der Waals surface area (Å²) >= 11 is 1.03. The highest BCUT2D eigenvalue weighted by molar-refractivity contribution is 7.08. The molecule has 1 amide bonds. The lowest BCUT2D eigenvalue weighted by Crippen LogP contribution is -2.38. The van der Waals surface area contributed by atoms with Gasteiger partial charge in [0.15, 0.2) is 5.75 Å². The lowest BCUT2D eigenvalue weighted by atomic mass is 10.1. The number of anilines is 1. The Kier molecular flexibility index (Phi) is 3.30. The molecule has 0 radical (unpaired) electrons. The first kappa shape index (κ1) is 13.5. The molecule has 1 aromatic heterocycles. The summed E-state index contributed by atoms with van der Waals surface area (Å²) in [5.74, 6) is -1.11. The normalized spacial score (nSPS) is 13.5. The molecule has 0 atom stereocenters. The molecule has 0 saturated carbocycles. The minimum absolute atomic E-state index is 0.0455. The summed E-state index contributed by atoms with van der Waals surface area (Å²) in [6.45, 7) is 2.31. The molecule has 21 heavy (non-hydrogen) atoms. The van der Waals surface area contributed by atoms with Crippen molar-refractivity contribution < 1.29 is 19.4 Å². The number of hydrogen-bond acceptors (Lipinski definition) is 6. The van der Waals surface area contributed by atoms with Crippen LogP contribution in [0.15, 0.2) is 18.2 Å². The number of aromatic carboxylic acids is 1. The van der Waals surface area contributed by atoms with Gasteiger partial charge in [-0.1, -0.05) is 10.6 Å². The highest BCUT2D eigenvalue weighted by Gasteiger charge is 2.29. The topological polar surface area (TPSA) is 92.6 Å². The molecule has 2 heterocycles. The van der Waals surface area contributed by atoms with Crippen LogP contribution in [0.2, 0.25) is 0 Å². The number of hydrogen-bond donors (Lipinski definition) is 1. The van der Waals surface area contributed by atoms with Crippen molar-refractivity contribution in [1.29, 1.82) is 0 Å². The number of amides is 1. The second kappa shape index (κ2) is 5.13. The smallest absolute Gasteiger partial charge is 0.339 e. The van der Waals surface area contributed by atoms with Gasteiger partial charge in [-0.15, -0.1) is 5.10 Å². The summed E-state index contributed by atoms with van der Waals surface area (Å²) in [6.07, 6.45) is 0. The summed E-state index contributed by atoms with van der Waals surface area (Å²) in [5, 5.41) is 13.0. The van der Waals surface area contributed by atoms with Gasteiger partial charge < -0.3 is 14.7 Å². The number of carboxylic acids is 1. The number of aryl methyl sites for hydroxylation is 1. The summed E-state index contributed by atoms with van der Waals surface area (Å²) in [4.78, 5) is 25.8. The fourth-order valence-corrected chi connectivity index (χ4v) is 2.78. The van der Waals surface area contributed by atoms with E-state index in [0.29, 0.717) is 22.8 Å². The van der Waals surface area contributed by atoms with Crippen molar-refractivity contribution in [2.45, 2.75) is 6.92 Å². The van der Waals surface area contributed by atoms with E-state index in [1.54, 1.807) is 19.1 Å². The van der Waals surface area contributed by atoms with Gasteiger partial charge in [-0.3, -0.25) is 4.79 Å². The number of para-hydroxylation sites is 1. The van der Waals surface area contributed by atoms with E-state index in [1.165, 1.54) is 11.0 Å². The maximum atomic E-state index is 12.6. The van der Waals surface area contributed by atoms with Gasteiger partial charge in [0.2, 0.25) is 0 Å². The van der Waals surface area contributed by atoms with Crippen LogP contribution in [-0.2, 0) is 0 Å². The molecular formula is C13H11N3O4S. The Balaban J connectivity index is 2.05. The van der Waals surface area contributed by atoms with Gasteiger partial charge in [-0.05, 0) is 30.6 Å². The molecule has 0 unspecified atom stereocenters. The SMILES string of the molecule is Cc1nnsc1C(=O)N1CCOc2c(C(=O)O)cccc21. The number of benzene rings is 1. The van der Waals surface area contributed by atoms with Crippen LogP contribution in [0, 0.1) is 6.92 Å². The zero-order valence-corrected chi connectivity index (χ0v) is 11.9. The number of nitrogens with zero attached hydrogens (tertiary/aromatic N) is 3. The predicted octanol–water partition coefficient (Wildman–Crippen LogP) is 1.58. The Morgan fingerprint density at radius 2 is 2.24 bits per heavy atom. The van der Waals surface area contributed by atoms with E-state index in [-0.39, 0.29) is 23.8 Å². The first-order valence-electron chi connectivity index (χ1n) is 6.19. The Bertz CT molecular complexity index is 728. The second-order valence-electron chi connectivity index (χ2n) is 4.45. The molecule has 1 aromatic carbocycles. The Morgan fingerprint density at radius 3 is 2.90 bits per heavy atom. The van der Waals surface area contributed by atoms with E-state index < -0.39 is 5.97 Å². The summed E-state index contributed by atoms with van der Waals surface area (Å²) in [7, 11) is 0. The number of carbonyl (C=O) groups excluding carboxylic acids is 1. The average Bonchev–Trinajstić information content (AvgIpc) is 2.91. The standard InChI is InChI=1S/C13H11N3O4S/c1-7-11(21-15-14-7)12(17)16-5-6-20-10-8(13(18)19)3-2-4-9(10)16/h2-4H,5-6H2,1H3,(H,18,19). The highest BCUT2D eigenvalue weighted by atomic mass is 32.1. The van der Waals surface area contributed by atoms with Gasteiger partial charge in [-0.2, -0.15) is 0 Å². The molecule has 1 N–H and O–H groups in total. The van der Waals surface area contributed by atoms with Crippen molar-refractivity contribution in [1.82, 2.24) is 9.59 Å². The third-order valence-corrected chi connectivity index (χ3v) is 3.98.